The summed E-state index contributed by atoms with van der Waals surface area (Å²) < 4.78 is 0. The number of piperazine rings is 1. The summed E-state index contributed by atoms with van der Waals surface area (Å²) in [7, 11) is 0. The van der Waals surface area contributed by atoms with Crippen LogP contribution in [0, 0.1) is 0 Å². The van der Waals surface area contributed by atoms with E-state index in [1.165, 1.54) is 24.0 Å². The Bertz CT molecular complexity index is 655. The second-order valence-electron chi connectivity index (χ2n) is 8.18. The molecule has 3 amide bonds. The van der Waals surface area contributed by atoms with Gasteiger partial charge in [0, 0.05) is 31.7 Å². The third kappa shape index (κ3) is 4.53. The molecule has 3 rings (SSSR count). The summed E-state index contributed by atoms with van der Waals surface area (Å²) in [4.78, 5) is 28.5. The number of benzene rings is 1. The number of hydrogen-bond donors (Lipinski definition) is 1. The van der Waals surface area contributed by atoms with Crippen molar-refractivity contribution in [1.82, 2.24) is 15.1 Å². The number of urea groups is 1. The topological polar surface area (TPSA) is 52.7 Å². The Morgan fingerprint density at radius 2 is 1.64 bits per heavy atom. The lowest BCUT2D eigenvalue weighted by atomic mass is 10.0. The van der Waals surface area contributed by atoms with Gasteiger partial charge in [0.05, 0.1) is 6.42 Å². The van der Waals surface area contributed by atoms with E-state index in [1.54, 1.807) is 4.90 Å². The zero-order valence-corrected chi connectivity index (χ0v) is 15.6. The van der Waals surface area contributed by atoms with E-state index in [1.807, 2.05) is 25.7 Å². The molecule has 0 unspecified atom stereocenters. The summed E-state index contributed by atoms with van der Waals surface area (Å²) in [6, 6.07) is 6.43. The molecule has 5 heteroatoms. The number of amides is 3. The molecular weight excluding hydrogens is 314 g/mol. The van der Waals surface area contributed by atoms with E-state index in [4.69, 9.17) is 0 Å². The molecular formula is C20H29N3O2. The van der Waals surface area contributed by atoms with Crippen LogP contribution < -0.4 is 5.32 Å². The third-order valence-electron chi connectivity index (χ3n) is 4.92. The van der Waals surface area contributed by atoms with E-state index < -0.39 is 0 Å². The molecule has 1 N–H and O–H groups in total. The van der Waals surface area contributed by atoms with Gasteiger partial charge in [0.15, 0.2) is 0 Å². The van der Waals surface area contributed by atoms with Gasteiger partial charge in [-0.05, 0) is 56.7 Å². The average Bonchev–Trinajstić information content (AvgIpc) is 3.01. The number of hydrogen-bond acceptors (Lipinski definition) is 2. The first-order valence-electron chi connectivity index (χ1n) is 9.27. The molecule has 136 valence electrons. The smallest absolute Gasteiger partial charge is 0.317 e. The number of carbonyl (C=O) groups excluding carboxylic acids is 2. The van der Waals surface area contributed by atoms with Crippen molar-refractivity contribution in [3.63, 3.8) is 0 Å². The number of rotatable bonds is 2. The summed E-state index contributed by atoms with van der Waals surface area (Å²) in [5, 5.41) is 2.98. The molecule has 2 aliphatic rings. The molecule has 0 aromatic heterocycles. The maximum absolute atomic E-state index is 12.6. The molecule has 0 atom stereocenters. The highest BCUT2D eigenvalue weighted by atomic mass is 16.2. The molecule has 1 aliphatic heterocycles. The zero-order chi connectivity index (χ0) is 18.0. The SMILES string of the molecule is CC(C)(C)NC(=O)N1CCN(C(=O)Cc2ccc3c(c2)CCC3)CC1. The van der Waals surface area contributed by atoms with Crippen LogP contribution in [0.4, 0.5) is 4.79 Å². The molecule has 1 aliphatic carbocycles. The van der Waals surface area contributed by atoms with Crippen LogP contribution in [-0.2, 0) is 24.1 Å². The standard InChI is InChI=1S/C20H29N3O2/c1-20(2,3)21-19(25)23-11-9-22(10-12-23)18(24)14-15-7-8-16-5-4-6-17(16)13-15/h7-8,13H,4-6,9-12,14H2,1-3H3,(H,21,25). The quantitative estimate of drug-likeness (QED) is 0.896. The van der Waals surface area contributed by atoms with Crippen LogP contribution in [0.5, 0.6) is 0 Å². The van der Waals surface area contributed by atoms with Crippen LogP contribution in [0.2, 0.25) is 0 Å². The van der Waals surface area contributed by atoms with E-state index >= 15 is 0 Å². The van der Waals surface area contributed by atoms with Crippen molar-refractivity contribution >= 4 is 11.9 Å². The van der Waals surface area contributed by atoms with Crippen LogP contribution in [0.1, 0.15) is 43.9 Å². The van der Waals surface area contributed by atoms with Gasteiger partial charge in [-0.15, -0.1) is 0 Å². The van der Waals surface area contributed by atoms with Crippen LogP contribution in [0.3, 0.4) is 0 Å². The number of fused-ring (bicyclic) bond motifs is 1. The first kappa shape index (κ1) is 17.8. The minimum absolute atomic E-state index is 0.0433. The second-order valence-corrected chi connectivity index (χ2v) is 8.18. The maximum Gasteiger partial charge on any atom is 0.317 e. The van der Waals surface area contributed by atoms with Crippen molar-refractivity contribution in [1.29, 1.82) is 0 Å². The van der Waals surface area contributed by atoms with Gasteiger partial charge in [-0.1, -0.05) is 18.2 Å². The molecule has 5 nitrogen and oxygen atoms in total. The van der Waals surface area contributed by atoms with Crippen molar-refractivity contribution < 1.29 is 9.59 Å². The Morgan fingerprint density at radius 1 is 1.00 bits per heavy atom. The van der Waals surface area contributed by atoms with Gasteiger partial charge in [-0.25, -0.2) is 4.79 Å². The van der Waals surface area contributed by atoms with Crippen molar-refractivity contribution in [2.75, 3.05) is 26.2 Å². The van der Waals surface area contributed by atoms with Crippen LogP contribution >= 0.6 is 0 Å². The van der Waals surface area contributed by atoms with Gasteiger partial charge >= 0.3 is 6.03 Å². The summed E-state index contributed by atoms with van der Waals surface area (Å²) in [5.41, 5.74) is 3.72. The van der Waals surface area contributed by atoms with Crippen LogP contribution in [-0.4, -0.2) is 53.5 Å². The molecule has 1 aromatic carbocycles. The molecule has 1 aromatic rings. The lowest BCUT2D eigenvalue weighted by Gasteiger charge is -2.36. The second kappa shape index (κ2) is 7.06. The van der Waals surface area contributed by atoms with Crippen LogP contribution in [0.25, 0.3) is 0 Å². The Balaban J connectivity index is 1.51. The van der Waals surface area contributed by atoms with E-state index in [9.17, 15) is 9.59 Å². The highest BCUT2D eigenvalue weighted by molar-refractivity contribution is 5.80. The molecule has 0 spiro atoms. The first-order valence-corrected chi connectivity index (χ1v) is 9.27. The minimum Gasteiger partial charge on any atom is -0.339 e. The molecule has 0 bridgehead atoms. The number of aryl methyl sites for hydroxylation is 2. The highest BCUT2D eigenvalue weighted by Gasteiger charge is 2.26. The molecule has 1 fully saturated rings. The maximum atomic E-state index is 12.6. The van der Waals surface area contributed by atoms with Crippen molar-refractivity contribution in [3.05, 3.63) is 34.9 Å². The third-order valence-corrected chi connectivity index (χ3v) is 4.92. The predicted octanol–water partition coefficient (Wildman–Crippen LogP) is 2.37. The van der Waals surface area contributed by atoms with E-state index in [2.05, 4.69) is 23.5 Å². The van der Waals surface area contributed by atoms with Gasteiger partial charge < -0.3 is 15.1 Å². The van der Waals surface area contributed by atoms with Crippen LogP contribution in [0.15, 0.2) is 18.2 Å². The van der Waals surface area contributed by atoms with Crippen molar-refractivity contribution in [2.45, 2.75) is 52.0 Å². The number of nitrogens with one attached hydrogen (secondary N) is 1. The zero-order valence-electron chi connectivity index (χ0n) is 15.6. The van der Waals surface area contributed by atoms with E-state index in [-0.39, 0.29) is 17.5 Å². The molecule has 0 radical (unpaired) electrons. The first-order chi connectivity index (χ1) is 11.8. The summed E-state index contributed by atoms with van der Waals surface area (Å²) >= 11 is 0. The number of carbonyl (C=O) groups is 2. The summed E-state index contributed by atoms with van der Waals surface area (Å²) in [6.45, 7) is 8.34. The summed E-state index contributed by atoms with van der Waals surface area (Å²) in [6.07, 6.45) is 3.99. The minimum atomic E-state index is -0.238. The fourth-order valence-corrected chi connectivity index (χ4v) is 3.58. The average molecular weight is 343 g/mol. The van der Waals surface area contributed by atoms with Gasteiger partial charge in [-0.2, -0.15) is 0 Å². The lowest BCUT2D eigenvalue weighted by Crippen LogP contribution is -2.56. The fraction of sp³-hybridized carbons (Fsp3) is 0.600. The van der Waals surface area contributed by atoms with Crippen molar-refractivity contribution in [3.8, 4) is 0 Å². The molecule has 25 heavy (non-hydrogen) atoms. The highest BCUT2D eigenvalue weighted by Crippen LogP contribution is 2.23. The Kier molecular flexibility index (Phi) is 5.02. The van der Waals surface area contributed by atoms with Gasteiger partial charge in [0.2, 0.25) is 5.91 Å². The monoisotopic (exact) mass is 343 g/mol. The van der Waals surface area contributed by atoms with E-state index in [0.29, 0.717) is 32.6 Å². The Morgan fingerprint density at radius 3 is 2.32 bits per heavy atom. The van der Waals surface area contributed by atoms with Gasteiger partial charge in [0.25, 0.3) is 0 Å². The van der Waals surface area contributed by atoms with E-state index in [0.717, 1.165) is 12.0 Å². The predicted molar refractivity (Wildman–Crippen MR) is 98.6 cm³/mol. The fourth-order valence-electron chi connectivity index (χ4n) is 3.58. The Labute approximate surface area is 150 Å². The van der Waals surface area contributed by atoms with Gasteiger partial charge in [0.1, 0.15) is 0 Å². The number of nitrogens with zero attached hydrogens (tertiary/aromatic N) is 2. The Hall–Kier alpha value is -2.04. The lowest BCUT2D eigenvalue weighted by molar-refractivity contribution is -0.131. The largest absolute Gasteiger partial charge is 0.339 e. The molecule has 1 heterocycles. The molecule has 0 saturated carbocycles. The normalized spacial score (nSPS) is 17.4. The van der Waals surface area contributed by atoms with Crippen molar-refractivity contribution in [2.24, 2.45) is 0 Å². The van der Waals surface area contributed by atoms with Gasteiger partial charge in [-0.3, -0.25) is 4.79 Å². The summed E-state index contributed by atoms with van der Waals surface area (Å²) in [5.74, 6) is 0.161. The molecule has 1 saturated heterocycles.